The first-order chi connectivity index (χ1) is 24.4. The van der Waals surface area contributed by atoms with Crippen LogP contribution in [0.4, 0.5) is 0 Å². The van der Waals surface area contributed by atoms with Crippen LogP contribution in [-0.2, 0) is 0 Å². The van der Waals surface area contributed by atoms with Crippen molar-refractivity contribution in [2.24, 2.45) is 0 Å². The molecule has 6 aromatic carbocycles. The lowest BCUT2D eigenvalue weighted by molar-refractivity contribution is 0.0725. The summed E-state index contributed by atoms with van der Waals surface area (Å²) in [6.45, 7) is 0. The Labute approximate surface area is 295 Å². The number of carbonyl (C=O) groups is 2. The average molecular weight is 693 g/mol. The van der Waals surface area contributed by atoms with Crippen LogP contribution < -0.4 is 9.47 Å². The molecule has 0 aliphatic carbocycles. The lowest BCUT2D eigenvalue weighted by atomic mass is 10.1. The second kappa shape index (κ2) is 14.5. The van der Waals surface area contributed by atoms with E-state index in [1.54, 1.807) is 114 Å². The molecule has 0 bridgehead atoms. The van der Waals surface area contributed by atoms with Gasteiger partial charge in [0.05, 0.1) is 11.1 Å². The Morgan fingerprint density at radius 2 is 0.880 bits per heavy atom. The van der Waals surface area contributed by atoms with Gasteiger partial charge in [0.2, 0.25) is 0 Å². The highest BCUT2D eigenvalue weighted by Gasteiger charge is 2.12. The van der Waals surface area contributed by atoms with Crippen molar-refractivity contribution in [2.75, 3.05) is 0 Å². The lowest BCUT2D eigenvalue weighted by Gasteiger charge is -2.05. The second-order valence-electron chi connectivity index (χ2n) is 11.2. The molecule has 0 spiro atoms. The Balaban J connectivity index is 0.000000193. The molecule has 0 saturated carbocycles. The van der Waals surface area contributed by atoms with E-state index >= 15 is 0 Å². The van der Waals surface area contributed by atoms with Crippen LogP contribution in [0.25, 0.3) is 41.1 Å². The van der Waals surface area contributed by atoms with Gasteiger partial charge in [-0.25, -0.2) is 9.59 Å². The largest absolute Gasteiger partial charge is 0.508 e. The van der Waals surface area contributed by atoms with Gasteiger partial charge in [-0.1, -0.05) is 36.4 Å². The maximum absolute atomic E-state index is 12.3. The molecular formula is C42H28O6S2. The van der Waals surface area contributed by atoms with Crippen molar-refractivity contribution in [2.45, 2.75) is 0 Å². The zero-order chi connectivity index (χ0) is 34.5. The number of phenolic OH excluding ortho intramolecular Hbond substituents is 2. The quantitative estimate of drug-likeness (QED) is 0.133. The van der Waals surface area contributed by atoms with Crippen LogP contribution in [0.1, 0.15) is 20.7 Å². The molecule has 0 amide bonds. The highest BCUT2D eigenvalue weighted by Crippen LogP contribution is 2.37. The molecule has 0 aliphatic rings. The fourth-order valence-electron chi connectivity index (χ4n) is 5.17. The van der Waals surface area contributed by atoms with E-state index in [4.69, 9.17) is 9.47 Å². The number of fused-ring (bicyclic) bond motifs is 2. The van der Waals surface area contributed by atoms with Crippen molar-refractivity contribution in [3.8, 4) is 43.9 Å². The van der Waals surface area contributed by atoms with E-state index in [0.29, 0.717) is 22.6 Å². The average Bonchev–Trinajstić information content (AvgIpc) is 3.77. The van der Waals surface area contributed by atoms with Crippen molar-refractivity contribution in [1.82, 2.24) is 0 Å². The topological polar surface area (TPSA) is 93.1 Å². The van der Waals surface area contributed by atoms with Gasteiger partial charge in [0, 0.05) is 19.2 Å². The van der Waals surface area contributed by atoms with Gasteiger partial charge in [-0.05, 0) is 143 Å². The molecule has 0 atom stereocenters. The van der Waals surface area contributed by atoms with E-state index in [2.05, 4.69) is 12.1 Å². The van der Waals surface area contributed by atoms with E-state index in [0.717, 1.165) is 41.1 Å². The number of esters is 2. The Hall–Kier alpha value is -6.22. The number of benzene rings is 6. The predicted molar refractivity (Wildman–Crippen MR) is 201 cm³/mol. The van der Waals surface area contributed by atoms with Crippen molar-refractivity contribution in [3.05, 3.63) is 169 Å². The molecule has 6 nitrogen and oxygen atoms in total. The summed E-state index contributed by atoms with van der Waals surface area (Å²) >= 11 is 3.23. The van der Waals surface area contributed by atoms with Crippen molar-refractivity contribution >= 4 is 54.8 Å². The van der Waals surface area contributed by atoms with Crippen LogP contribution in [0, 0.1) is 0 Å². The van der Waals surface area contributed by atoms with E-state index in [9.17, 15) is 19.8 Å². The number of thiophene rings is 2. The fraction of sp³-hybridized carbons (Fsp3) is 0. The van der Waals surface area contributed by atoms with Crippen LogP contribution in [0.3, 0.4) is 0 Å². The van der Waals surface area contributed by atoms with Crippen LogP contribution in [0.5, 0.6) is 23.0 Å². The van der Waals surface area contributed by atoms with Gasteiger partial charge < -0.3 is 19.7 Å². The minimum absolute atomic E-state index is 0.271. The number of carbonyl (C=O) groups excluding carboxylic acids is 2. The standard InChI is InChI=1S/C28H18O4S.C14H10O2S/c29-27(20-7-3-1-4-8-20)31-23-14-11-19(12-15-23)25-17-22-13-16-24(18-26(22)33-25)32-28(30)21-9-5-2-6-10-21;15-11-4-1-9(2-5-11)13-7-10-3-6-12(16)8-14(10)17-13/h1-18H;1-8,15-16H. The highest BCUT2D eigenvalue weighted by molar-refractivity contribution is 7.22. The molecular weight excluding hydrogens is 665 g/mol. The summed E-state index contributed by atoms with van der Waals surface area (Å²) in [5.41, 5.74) is 3.11. The molecule has 0 fully saturated rings. The predicted octanol–water partition coefficient (Wildman–Crippen LogP) is 11.0. The third-order valence-electron chi connectivity index (χ3n) is 7.73. The van der Waals surface area contributed by atoms with Crippen molar-refractivity contribution in [1.29, 1.82) is 0 Å². The first kappa shape index (κ1) is 32.3. The number of ether oxygens (including phenoxy) is 2. The molecule has 2 heterocycles. The van der Waals surface area contributed by atoms with Crippen molar-refractivity contribution < 1.29 is 29.3 Å². The molecule has 2 aromatic heterocycles. The van der Waals surface area contributed by atoms with E-state index in [1.165, 1.54) is 0 Å². The first-order valence-corrected chi connectivity index (χ1v) is 17.2. The van der Waals surface area contributed by atoms with Gasteiger partial charge in [-0.2, -0.15) is 0 Å². The molecule has 8 aromatic rings. The molecule has 0 radical (unpaired) electrons. The van der Waals surface area contributed by atoms with E-state index in [-0.39, 0.29) is 23.4 Å². The molecule has 0 aliphatic heterocycles. The molecule has 0 saturated heterocycles. The first-order valence-electron chi connectivity index (χ1n) is 15.6. The number of hydrogen-bond donors (Lipinski definition) is 2. The normalized spacial score (nSPS) is 10.7. The SMILES string of the molecule is O=C(Oc1ccc(-c2cc3ccc(OC(=O)c4ccccc4)cc3s2)cc1)c1ccccc1.Oc1ccc(-c2cc3ccc(O)cc3s2)cc1. The maximum atomic E-state index is 12.3. The van der Waals surface area contributed by atoms with Gasteiger partial charge in [-0.3, -0.25) is 0 Å². The second-order valence-corrected chi connectivity index (χ2v) is 13.4. The fourth-order valence-corrected chi connectivity index (χ4v) is 7.37. The van der Waals surface area contributed by atoms with Gasteiger partial charge in [0.25, 0.3) is 0 Å². The van der Waals surface area contributed by atoms with Gasteiger partial charge in [0.1, 0.15) is 23.0 Å². The molecule has 8 rings (SSSR count). The summed E-state index contributed by atoms with van der Waals surface area (Å²) in [6.07, 6.45) is 0. The third kappa shape index (κ3) is 7.57. The van der Waals surface area contributed by atoms with Crippen LogP contribution in [0.15, 0.2) is 158 Å². The van der Waals surface area contributed by atoms with Gasteiger partial charge in [0.15, 0.2) is 0 Å². The van der Waals surface area contributed by atoms with Gasteiger partial charge >= 0.3 is 11.9 Å². The number of hydrogen-bond acceptors (Lipinski definition) is 8. The highest BCUT2D eigenvalue weighted by atomic mass is 32.1. The monoisotopic (exact) mass is 692 g/mol. The smallest absolute Gasteiger partial charge is 0.343 e. The molecule has 0 unspecified atom stereocenters. The summed E-state index contributed by atoms with van der Waals surface area (Å²) < 4.78 is 13.1. The molecule has 244 valence electrons. The van der Waals surface area contributed by atoms with Crippen LogP contribution >= 0.6 is 22.7 Å². The van der Waals surface area contributed by atoms with Gasteiger partial charge in [-0.15, -0.1) is 22.7 Å². The molecule has 8 heteroatoms. The Bertz CT molecular complexity index is 2410. The zero-order valence-electron chi connectivity index (χ0n) is 26.4. The Morgan fingerprint density at radius 1 is 0.440 bits per heavy atom. The Kier molecular flexibility index (Phi) is 9.37. The summed E-state index contributed by atoms with van der Waals surface area (Å²) in [6, 6.07) is 47.5. The summed E-state index contributed by atoms with van der Waals surface area (Å²) in [4.78, 5) is 26.7. The van der Waals surface area contributed by atoms with E-state index in [1.807, 2.05) is 54.6 Å². The molecule has 50 heavy (non-hydrogen) atoms. The summed E-state index contributed by atoms with van der Waals surface area (Å²) in [5.74, 6) is 0.788. The minimum Gasteiger partial charge on any atom is -0.508 e. The minimum atomic E-state index is -0.386. The lowest BCUT2D eigenvalue weighted by Crippen LogP contribution is -2.07. The maximum Gasteiger partial charge on any atom is 0.343 e. The van der Waals surface area contributed by atoms with Crippen LogP contribution in [-0.4, -0.2) is 22.2 Å². The number of aromatic hydroxyl groups is 2. The van der Waals surface area contributed by atoms with Crippen LogP contribution in [0.2, 0.25) is 0 Å². The summed E-state index contributed by atoms with van der Waals surface area (Å²) in [5, 5.41) is 20.9. The molecule has 2 N–H and O–H groups in total. The summed E-state index contributed by atoms with van der Waals surface area (Å²) in [7, 11) is 0. The number of phenols is 2. The third-order valence-corrected chi connectivity index (χ3v) is 10.0. The van der Waals surface area contributed by atoms with E-state index < -0.39 is 0 Å². The van der Waals surface area contributed by atoms with Crippen molar-refractivity contribution in [3.63, 3.8) is 0 Å². The number of rotatable bonds is 6. The Morgan fingerprint density at radius 3 is 1.44 bits per heavy atom. The zero-order valence-corrected chi connectivity index (χ0v) is 28.0.